The molecule has 0 spiro atoms. The normalized spacial score (nSPS) is 12.1. The van der Waals surface area contributed by atoms with Crippen LogP contribution in [0.5, 0.6) is 0 Å². The number of hydrogen-bond donors (Lipinski definition) is 2. The summed E-state index contributed by atoms with van der Waals surface area (Å²) in [4.78, 5) is 11.9. The Morgan fingerprint density at radius 2 is 1.91 bits per heavy atom. The Bertz CT molecular complexity index is 796. The molecule has 1 heterocycles. The lowest BCUT2D eigenvalue weighted by atomic mass is 10.2. The third-order valence-electron chi connectivity index (χ3n) is 3.62. The van der Waals surface area contributed by atoms with Gasteiger partial charge in [0.2, 0.25) is 0 Å². The summed E-state index contributed by atoms with van der Waals surface area (Å²) >= 11 is 0. The minimum Gasteiger partial charge on any atom is -0.459 e. The summed E-state index contributed by atoms with van der Waals surface area (Å²) in [5.74, 6) is 0.338. The Kier molecular flexibility index (Phi) is 4.28. The van der Waals surface area contributed by atoms with Crippen LogP contribution in [0.3, 0.4) is 0 Å². The number of amides is 2. The van der Waals surface area contributed by atoms with E-state index in [1.54, 1.807) is 18.2 Å². The zero-order chi connectivity index (χ0) is 16.2. The molecule has 4 nitrogen and oxygen atoms in total. The highest BCUT2D eigenvalue weighted by Gasteiger charge is 2.14. The zero-order valence-corrected chi connectivity index (χ0v) is 12.7. The molecule has 3 aromatic rings. The van der Waals surface area contributed by atoms with Gasteiger partial charge in [0.25, 0.3) is 0 Å². The van der Waals surface area contributed by atoms with Crippen molar-refractivity contribution < 1.29 is 13.6 Å². The number of fused-ring (bicyclic) bond motifs is 1. The Balaban J connectivity index is 1.60. The summed E-state index contributed by atoms with van der Waals surface area (Å²) in [7, 11) is 0. The lowest BCUT2D eigenvalue weighted by Crippen LogP contribution is -2.36. The summed E-state index contributed by atoms with van der Waals surface area (Å²) in [5.41, 5.74) is 1.22. The number of furan rings is 1. The first-order valence-electron chi connectivity index (χ1n) is 7.40. The van der Waals surface area contributed by atoms with Crippen molar-refractivity contribution in [1.82, 2.24) is 10.6 Å². The molecular formula is C18H17FN2O2. The molecule has 2 N–H and O–H groups in total. The quantitative estimate of drug-likeness (QED) is 0.761. The average molecular weight is 312 g/mol. The Morgan fingerprint density at radius 3 is 2.70 bits per heavy atom. The van der Waals surface area contributed by atoms with E-state index in [4.69, 9.17) is 4.42 Å². The second-order valence-corrected chi connectivity index (χ2v) is 5.33. The first kappa shape index (κ1) is 15.1. The largest absolute Gasteiger partial charge is 0.459 e. The molecule has 0 radical (unpaired) electrons. The number of urea groups is 1. The second-order valence-electron chi connectivity index (χ2n) is 5.33. The third kappa shape index (κ3) is 3.51. The van der Waals surface area contributed by atoms with Crippen LogP contribution in [0.25, 0.3) is 11.0 Å². The fraction of sp³-hybridized carbons (Fsp3) is 0.167. The molecule has 0 aliphatic carbocycles. The monoisotopic (exact) mass is 312 g/mol. The van der Waals surface area contributed by atoms with E-state index in [1.165, 1.54) is 6.07 Å². The Labute approximate surface area is 133 Å². The molecule has 0 unspecified atom stereocenters. The SMILES string of the molecule is C[C@H](NC(=O)NCc1ccccc1F)c1cc2ccccc2o1. The van der Waals surface area contributed by atoms with Crippen molar-refractivity contribution in [1.29, 1.82) is 0 Å². The van der Waals surface area contributed by atoms with Gasteiger partial charge in [-0.3, -0.25) is 0 Å². The van der Waals surface area contributed by atoms with Crippen LogP contribution in [0.1, 0.15) is 24.3 Å². The van der Waals surface area contributed by atoms with Gasteiger partial charge in [-0.15, -0.1) is 0 Å². The third-order valence-corrected chi connectivity index (χ3v) is 3.62. The van der Waals surface area contributed by atoms with Gasteiger partial charge in [-0.2, -0.15) is 0 Å². The molecule has 0 fully saturated rings. The van der Waals surface area contributed by atoms with Gasteiger partial charge in [0.1, 0.15) is 17.2 Å². The number of benzene rings is 2. The number of rotatable bonds is 4. The number of carbonyl (C=O) groups is 1. The van der Waals surface area contributed by atoms with Gasteiger partial charge in [-0.1, -0.05) is 36.4 Å². The van der Waals surface area contributed by atoms with E-state index >= 15 is 0 Å². The number of hydrogen-bond acceptors (Lipinski definition) is 2. The lowest BCUT2D eigenvalue weighted by molar-refractivity contribution is 0.236. The smallest absolute Gasteiger partial charge is 0.315 e. The molecular weight excluding hydrogens is 295 g/mol. The van der Waals surface area contributed by atoms with E-state index in [2.05, 4.69) is 10.6 Å². The minimum absolute atomic E-state index is 0.130. The van der Waals surface area contributed by atoms with Crippen LogP contribution in [-0.2, 0) is 6.54 Å². The lowest BCUT2D eigenvalue weighted by Gasteiger charge is -2.12. The van der Waals surface area contributed by atoms with Gasteiger partial charge in [0.15, 0.2) is 0 Å². The summed E-state index contributed by atoms with van der Waals surface area (Å²) in [6.45, 7) is 1.96. The van der Waals surface area contributed by atoms with Crippen LogP contribution in [-0.4, -0.2) is 6.03 Å². The van der Waals surface area contributed by atoms with Crippen LogP contribution in [0.15, 0.2) is 59.0 Å². The molecule has 0 aliphatic heterocycles. The van der Waals surface area contributed by atoms with Gasteiger partial charge in [-0.05, 0) is 25.1 Å². The van der Waals surface area contributed by atoms with Gasteiger partial charge >= 0.3 is 6.03 Å². The fourth-order valence-corrected chi connectivity index (χ4v) is 2.35. The summed E-state index contributed by atoms with van der Waals surface area (Å²) in [5, 5.41) is 6.41. The zero-order valence-electron chi connectivity index (χ0n) is 12.7. The van der Waals surface area contributed by atoms with Crippen molar-refractivity contribution in [2.45, 2.75) is 19.5 Å². The maximum Gasteiger partial charge on any atom is 0.315 e. The summed E-state index contributed by atoms with van der Waals surface area (Å²) in [6.07, 6.45) is 0. The van der Waals surface area contributed by atoms with Crippen LogP contribution >= 0.6 is 0 Å². The predicted octanol–water partition coefficient (Wildman–Crippen LogP) is 4.13. The van der Waals surface area contributed by atoms with E-state index in [0.29, 0.717) is 11.3 Å². The van der Waals surface area contributed by atoms with Gasteiger partial charge in [0, 0.05) is 17.5 Å². The molecule has 0 bridgehead atoms. The predicted molar refractivity (Wildman–Crippen MR) is 86.4 cm³/mol. The fourth-order valence-electron chi connectivity index (χ4n) is 2.35. The molecule has 23 heavy (non-hydrogen) atoms. The van der Waals surface area contributed by atoms with Crippen LogP contribution in [0.2, 0.25) is 0 Å². The maximum absolute atomic E-state index is 13.5. The summed E-state index contributed by atoms with van der Waals surface area (Å²) in [6, 6.07) is 15.2. The van der Waals surface area contributed by atoms with E-state index < -0.39 is 0 Å². The highest BCUT2D eigenvalue weighted by atomic mass is 19.1. The second kappa shape index (κ2) is 6.52. The molecule has 2 amide bonds. The molecule has 1 atom stereocenters. The molecule has 0 saturated heterocycles. The maximum atomic E-state index is 13.5. The van der Waals surface area contributed by atoms with Crippen molar-refractivity contribution in [3.63, 3.8) is 0 Å². The number of nitrogens with one attached hydrogen (secondary N) is 2. The van der Waals surface area contributed by atoms with Crippen molar-refractivity contribution >= 4 is 17.0 Å². The topological polar surface area (TPSA) is 54.3 Å². The molecule has 5 heteroatoms. The standard InChI is InChI=1S/C18H17FN2O2/c1-12(17-10-13-6-3-5-9-16(13)23-17)21-18(22)20-11-14-7-2-4-8-15(14)19/h2-10,12H,11H2,1H3,(H2,20,21,22)/t12-/m0/s1. The first-order chi connectivity index (χ1) is 11.1. The van der Waals surface area contributed by atoms with Crippen LogP contribution in [0.4, 0.5) is 9.18 Å². The molecule has 0 aliphatic rings. The number of carbonyl (C=O) groups excluding carboxylic acids is 1. The van der Waals surface area contributed by atoms with E-state index in [0.717, 1.165) is 11.0 Å². The number of para-hydroxylation sites is 1. The molecule has 118 valence electrons. The molecule has 3 rings (SSSR count). The Morgan fingerprint density at radius 1 is 1.17 bits per heavy atom. The van der Waals surface area contributed by atoms with E-state index in [-0.39, 0.29) is 24.4 Å². The number of halogens is 1. The van der Waals surface area contributed by atoms with Crippen molar-refractivity contribution in [2.75, 3.05) is 0 Å². The average Bonchev–Trinajstić information content (AvgIpc) is 2.98. The van der Waals surface area contributed by atoms with Crippen molar-refractivity contribution in [3.05, 3.63) is 71.7 Å². The van der Waals surface area contributed by atoms with Gasteiger partial charge < -0.3 is 15.1 Å². The van der Waals surface area contributed by atoms with Gasteiger partial charge in [-0.25, -0.2) is 9.18 Å². The molecule has 0 saturated carbocycles. The van der Waals surface area contributed by atoms with Crippen LogP contribution < -0.4 is 10.6 Å². The first-order valence-corrected chi connectivity index (χ1v) is 7.40. The highest BCUT2D eigenvalue weighted by molar-refractivity contribution is 5.78. The summed E-state index contributed by atoms with van der Waals surface area (Å²) < 4.78 is 19.2. The van der Waals surface area contributed by atoms with Crippen molar-refractivity contribution in [3.8, 4) is 0 Å². The minimum atomic E-state index is -0.374. The Hall–Kier alpha value is -2.82. The van der Waals surface area contributed by atoms with Crippen LogP contribution in [0, 0.1) is 5.82 Å². The van der Waals surface area contributed by atoms with E-state index in [1.807, 2.05) is 37.3 Å². The molecule has 2 aromatic carbocycles. The van der Waals surface area contributed by atoms with Crippen molar-refractivity contribution in [2.24, 2.45) is 0 Å². The van der Waals surface area contributed by atoms with Gasteiger partial charge in [0.05, 0.1) is 6.04 Å². The highest BCUT2D eigenvalue weighted by Crippen LogP contribution is 2.23. The molecule has 1 aromatic heterocycles. The van der Waals surface area contributed by atoms with E-state index in [9.17, 15) is 9.18 Å².